The van der Waals surface area contributed by atoms with Crippen LogP contribution in [0.1, 0.15) is 19.8 Å². The quantitative estimate of drug-likeness (QED) is 0.830. The Morgan fingerprint density at radius 2 is 2.17 bits per heavy atom. The number of carbonyl (C=O) groups excluding carboxylic acids is 1. The highest BCUT2D eigenvalue weighted by molar-refractivity contribution is 5.95. The van der Waals surface area contributed by atoms with Gasteiger partial charge in [0, 0.05) is 24.5 Å². The summed E-state index contributed by atoms with van der Waals surface area (Å²) in [5.41, 5.74) is 7.31. The van der Waals surface area contributed by atoms with Crippen LogP contribution in [-0.2, 0) is 9.53 Å². The lowest BCUT2D eigenvalue weighted by Crippen LogP contribution is -2.37. The minimum Gasteiger partial charge on any atom is -0.399 e. The van der Waals surface area contributed by atoms with Crippen LogP contribution in [0.4, 0.5) is 11.4 Å². The average Bonchev–Trinajstić information content (AvgIpc) is 2.90. The van der Waals surface area contributed by atoms with Crippen molar-refractivity contribution in [1.82, 2.24) is 0 Å². The Hall–Kier alpha value is -1.55. The number of ether oxygens (including phenoxy) is 1. The van der Waals surface area contributed by atoms with Crippen molar-refractivity contribution in [3.8, 4) is 0 Å². The molecule has 1 aromatic rings. The van der Waals surface area contributed by atoms with E-state index in [1.807, 2.05) is 29.2 Å². The average molecular weight is 248 g/mol. The van der Waals surface area contributed by atoms with Gasteiger partial charge in [0.05, 0.1) is 12.5 Å². The fourth-order valence-electron chi connectivity index (χ4n) is 2.19. The summed E-state index contributed by atoms with van der Waals surface area (Å²) < 4.78 is 5.29. The Morgan fingerprint density at radius 3 is 2.72 bits per heavy atom. The van der Waals surface area contributed by atoms with Gasteiger partial charge >= 0.3 is 0 Å². The highest BCUT2D eigenvalue weighted by Crippen LogP contribution is 2.22. The third kappa shape index (κ3) is 2.82. The van der Waals surface area contributed by atoms with E-state index in [1.165, 1.54) is 0 Å². The minimum absolute atomic E-state index is 0.00843. The van der Waals surface area contributed by atoms with E-state index in [4.69, 9.17) is 10.5 Å². The summed E-state index contributed by atoms with van der Waals surface area (Å²) in [6.07, 6.45) is 1.76. The molecule has 2 rings (SSSR count). The minimum atomic E-state index is 0.00843. The summed E-state index contributed by atoms with van der Waals surface area (Å²) in [5, 5.41) is 0. The number of hydrogen-bond donors (Lipinski definition) is 1. The second-order valence-corrected chi connectivity index (χ2v) is 4.64. The molecule has 18 heavy (non-hydrogen) atoms. The maximum atomic E-state index is 12.4. The molecule has 1 aromatic carbocycles. The first-order valence-corrected chi connectivity index (χ1v) is 6.47. The van der Waals surface area contributed by atoms with Crippen molar-refractivity contribution >= 4 is 17.3 Å². The van der Waals surface area contributed by atoms with Crippen molar-refractivity contribution in [3.63, 3.8) is 0 Å². The summed E-state index contributed by atoms with van der Waals surface area (Å²) in [5.74, 6) is 0.174. The van der Waals surface area contributed by atoms with Crippen molar-refractivity contribution in [2.24, 2.45) is 5.92 Å². The maximum absolute atomic E-state index is 12.4. The third-order valence-electron chi connectivity index (χ3n) is 3.20. The van der Waals surface area contributed by atoms with Crippen LogP contribution in [0.25, 0.3) is 0 Å². The number of nitrogens with zero attached hydrogens (tertiary/aromatic N) is 1. The van der Waals surface area contributed by atoms with Gasteiger partial charge in [-0.15, -0.1) is 0 Å². The number of carbonyl (C=O) groups is 1. The molecule has 0 radical (unpaired) electrons. The number of amides is 1. The fraction of sp³-hybridized carbons (Fsp3) is 0.500. The third-order valence-corrected chi connectivity index (χ3v) is 3.20. The predicted molar refractivity (Wildman–Crippen MR) is 72.4 cm³/mol. The van der Waals surface area contributed by atoms with Crippen LogP contribution < -0.4 is 10.6 Å². The summed E-state index contributed by atoms with van der Waals surface area (Å²) in [7, 11) is 0. The van der Waals surface area contributed by atoms with Crippen LogP contribution in [-0.4, -0.2) is 25.7 Å². The molecule has 1 atom stereocenters. The molecule has 0 aliphatic carbocycles. The first kappa shape index (κ1) is 12.9. The van der Waals surface area contributed by atoms with E-state index in [9.17, 15) is 4.79 Å². The van der Waals surface area contributed by atoms with Gasteiger partial charge in [-0.05, 0) is 37.1 Å². The van der Waals surface area contributed by atoms with Gasteiger partial charge in [0.2, 0.25) is 5.91 Å². The standard InChI is InChI=1S/C14H20N2O2/c1-2-8-16(13-5-3-12(15)4-6-13)14(17)11-7-9-18-10-11/h3-6,11H,2,7-10,15H2,1H3. The van der Waals surface area contributed by atoms with Gasteiger partial charge in [-0.1, -0.05) is 6.92 Å². The van der Waals surface area contributed by atoms with E-state index in [0.717, 1.165) is 25.1 Å². The van der Waals surface area contributed by atoms with Crippen LogP contribution in [0, 0.1) is 5.92 Å². The topological polar surface area (TPSA) is 55.6 Å². The zero-order valence-corrected chi connectivity index (χ0v) is 10.8. The summed E-state index contributed by atoms with van der Waals surface area (Å²) in [6, 6.07) is 7.46. The largest absolute Gasteiger partial charge is 0.399 e. The molecule has 98 valence electrons. The maximum Gasteiger partial charge on any atom is 0.232 e. The van der Waals surface area contributed by atoms with E-state index >= 15 is 0 Å². The molecule has 0 aromatic heterocycles. The molecule has 1 aliphatic heterocycles. The number of nitrogen functional groups attached to an aromatic ring is 1. The lowest BCUT2D eigenvalue weighted by molar-refractivity contribution is -0.122. The van der Waals surface area contributed by atoms with E-state index in [2.05, 4.69) is 6.92 Å². The number of nitrogens with two attached hydrogens (primary N) is 1. The van der Waals surface area contributed by atoms with Crippen molar-refractivity contribution < 1.29 is 9.53 Å². The van der Waals surface area contributed by atoms with Crippen LogP contribution in [0.5, 0.6) is 0 Å². The van der Waals surface area contributed by atoms with Crippen LogP contribution >= 0.6 is 0 Å². The molecule has 1 aliphatic rings. The highest BCUT2D eigenvalue weighted by Gasteiger charge is 2.28. The Bertz CT molecular complexity index is 397. The molecule has 1 heterocycles. The highest BCUT2D eigenvalue weighted by atomic mass is 16.5. The molecule has 0 saturated carbocycles. The van der Waals surface area contributed by atoms with Crippen LogP contribution in [0.2, 0.25) is 0 Å². The van der Waals surface area contributed by atoms with Gasteiger partial charge in [0.1, 0.15) is 0 Å². The molecule has 1 saturated heterocycles. The van der Waals surface area contributed by atoms with Gasteiger partial charge in [-0.25, -0.2) is 0 Å². The molecule has 1 fully saturated rings. The van der Waals surface area contributed by atoms with E-state index < -0.39 is 0 Å². The zero-order chi connectivity index (χ0) is 13.0. The van der Waals surface area contributed by atoms with E-state index in [0.29, 0.717) is 18.9 Å². The lowest BCUT2D eigenvalue weighted by Gasteiger charge is -2.25. The molecule has 1 unspecified atom stereocenters. The zero-order valence-electron chi connectivity index (χ0n) is 10.8. The molecule has 1 amide bonds. The van der Waals surface area contributed by atoms with Gasteiger partial charge in [0.25, 0.3) is 0 Å². The van der Waals surface area contributed by atoms with Crippen molar-refractivity contribution in [2.75, 3.05) is 30.4 Å². The van der Waals surface area contributed by atoms with Gasteiger partial charge in [0.15, 0.2) is 0 Å². The van der Waals surface area contributed by atoms with E-state index in [1.54, 1.807) is 0 Å². The van der Waals surface area contributed by atoms with Crippen LogP contribution in [0.15, 0.2) is 24.3 Å². The van der Waals surface area contributed by atoms with Crippen molar-refractivity contribution in [1.29, 1.82) is 0 Å². The lowest BCUT2D eigenvalue weighted by atomic mass is 10.1. The molecule has 4 nitrogen and oxygen atoms in total. The Kier molecular flexibility index (Phi) is 4.20. The van der Waals surface area contributed by atoms with Gasteiger partial charge in [-0.2, -0.15) is 0 Å². The Labute approximate surface area is 108 Å². The summed E-state index contributed by atoms with van der Waals surface area (Å²) >= 11 is 0. The summed E-state index contributed by atoms with van der Waals surface area (Å²) in [4.78, 5) is 14.3. The van der Waals surface area contributed by atoms with Crippen molar-refractivity contribution in [2.45, 2.75) is 19.8 Å². The molecular weight excluding hydrogens is 228 g/mol. The normalized spacial score (nSPS) is 18.8. The Balaban J connectivity index is 2.16. The predicted octanol–water partition coefficient (Wildman–Crippen LogP) is 2.05. The van der Waals surface area contributed by atoms with Crippen LogP contribution in [0.3, 0.4) is 0 Å². The second kappa shape index (κ2) is 5.87. The first-order valence-electron chi connectivity index (χ1n) is 6.47. The SMILES string of the molecule is CCCN(C(=O)C1CCOC1)c1ccc(N)cc1. The van der Waals surface area contributed by atoms with Crippen molar-refractivity contribution in [3.05, 3.63) is 24.3 Å². The molecular formula is C14H20N2O2. The smallest absolute Gasteiger partial charge is 0.232 e. The monoisotopic (exact) mass is 248 g/mol. The second-order valence-electron chi connectivity index (χ2n) is 4.64. The number of anilines is 2. The fourth-order valence-corrected chi connectivity index (χ4v) is 2.19. The first-order chi connectivity index (χ1) is 8.72. The number of hydrogen-bond acceptors (Lipinski definition) is 3. The van der Waals surface area contributed by atoms with Gasteiger partial charge in [-0.3, -0.25) is 4.79 Å². The Morgan fingerprint density at radius 1 is 1.44 bits per heavy atom. The van der Waals surface area contributed by atoms with Gasteiger partial charge < -0.3 is 15.4 Å². The number of benzene rings is 1. The summed E-state index contributed by atoms with van der Waals surface area (Å²) in [6.45, 7) is 4.05. The molecule has 2 N–H and O–H groups in total. The number of rotatable bonds is 4. The molecule has 0 bridgehead atoms. The molecule has 4 heteroatoms. The van der Waals surface area contributed by atoms with E-state index in [-0.39, 0.29) is 11.8 Å². The molecule has 0 spiro atoms.